The number of phenolic OH excluding ortho intramolecular Hbond substituents is 1. The monoisotopic (exact) mass is 580 g/mol. The van der Waals surface area contributed by atoms with Gasteiger partial charge in [0.2, 0.25) is 11.6 Å². The van der Waals surface area contributed by atoms with Gasteiger partial charge in [-0.05, 0) is 56.3 Å². The van der Waals surface area contributed by atoms with Crippen molar-refractivity contribution in [1.82, 2.24) is 9.88 Å². The predicted octanol–water partition coefficient (Wildman–Crippen LogP) is 4.78. The summed E-state index contributed by atoms with van der Waals surface area (Å²) in [6.45, 7) is 0.530. The summed E-state index contributed by atoms with van der Waals surface area (Å²) in [5.41, 5.74) is 5.70. The molecule has 5 rings (SSSR count). The summed E-state index contributed by atoms with van der Waals surface area (Å²) >= 11 is 0. The minimum Gasteiger partial charge on any atom is -0.504 e. The lowest BCUT2D eigenvalue weighted by Crippen LogP contribution is -2.51. The Morgan fingerprint density at radius 3 is 2.55 bits per heavy atom. The van der Waals surface area contributed by atoms with Gasteiger partial charge < -0.3 is 30.3 Å². The van der Waals surface area contributed by atoms with Crippen LogP contribution in [-0.2, 0) is 4.79 Å². The molecule has 2 aliphatic rings. The number of hydrogen-bond donors (Lipinski definition) is 4. The Hall–Kier alpha value is -4.78. The normalized spacial score (nSPS) is 17.8. The molecule has 1 atom stereocenters. The molecular weight excluding hydrogens is 550 g/mol. The molecule has 13 heteroatoms. The summed E-state index contributed by atoms with van der Waals surface area (Å²) in [7, 11) is 3.55. The molecule has 5 N–H and O–H groups in total. The lowest BCUT2D eigenvalue weighted by atomic mass is 9.94. The summed E-state index contributed by atoms with van der Waals surface area (Å²) in [6, 6.07) is 8.70. The molecule has 11 nitrogen and oxygen atoms in total. The molecular formula is C29H30F2N6O5. The van der Waals surface area contributed by atoms with Crippen molar-refractivity contribution in [3.05, 3.63) is 65.4 Å². The van der Waals surface area contributed by atoms with Crippen LogP contribution in [0.1, 0.15) is 43.0 Å². The van der Waals surface area contributed by atoms with Gasteiger partial charge in [0.15, 0.2) is 17.3 Å². The van der Waals surface area contributed by atoms with E-state index in [0.717, 1.165) is 19.0 Å². The van der Waals surface area contributed by atoms with E-state index in [1.54, 1.807) is 30.3 Å². The van der Waals surface area contributed by atoms with E-state index >= 15 is 4.39 Å². The molecule has 1 saturated carbocycles. The van der Waals surface area contributed by atoms with Crippen molar-refractivity contribution in [3.8, 4) is 28.9 Å². The number of amidine groups is 1. The largest absolute Gasteiger partial charge is 0.504 e. The number of nitrogen functional groups attached to an aromatic ring is 1. The van der Waals surface area contributed by atoms with Gasteiger partial charge in [-0.15, -0.1) is 0 Å². The number of nitrogens with zero attached hydrogens (tertiary/aromatic N) is 4. The number of aromatic hydroxyl groups is 1. The molecule has 1 unspecified atom stereocenters. The van der Waals surface area contributed by atoms with Gasteiger partial charge in [0.25, 0.3) is 5.88 Å². The maximum Gasteiger partial charge on any atom is 0.329 e. The number of halogens is 2. The molecule has 0 amide bonds. The van der Waals surface area contributed by atoms with Crippen LogP contribution in [0.2, 0.25) is 0 Å². The van der Waals surface area contributed by atoms with Crippen LogP contribution < -0.4 is 20.1 Å². The first kappa shape index (κ1) is 28.7. The van der Waals surface area contributed by atoms with Crippen molar-refractivity contribution in [2.24, 2.45) is 10.7 Å². The first-order valence-corrected chi connectivity index (χ1v) is 13.2. The number of likely N-dealkylation sites (N-methyl/N-ethyl adjacent to an activating group) is 1. The van der Waals surface area contributed by atoms with E-state index in [1.165, 1.54) is 24.3 Å². The molecule has 1 fully saturated rings. The Morgan fingerprint density at radius 1 is 1.17 bits per heavy atom. The summed E-state index contributed by atoms with van der Waals surface area (Å²) in [6.07, 6.45) is 4.46. The fourth-order valence-corrected chi connectivity index (χ4v) is 5.32. The minimum absolute atomic E-state index is 0.0928. The summed E-state index contributed by atoms with van der Waals surface area (Å²) in [4.78, 5) is 24.1. The molecule has 0 saturated heterocycles. The number of aliphatic imine (C=N–C) groups is 1. The summed E-state index contributed by atoms with van der Waals surface area (Å²) in [5, 5.41) is 27.8. The van der Waals surface area contributed by atoms with Gasteiger partial charge >= 0.3 is 5.97 Å². The fourth-order valence-electron chi connectivity index (χ4n) is 5.32. The Morgan fingerprint density at radius 2 is 1.90 bits per heavy atom. The number of aromatic nitrogens is 1. The number of pyridine rings is 1. The zero-order valence-corrected chi connectivity index (χ0v) is 23.0. The number of benzene rings is 2. The maximum absolute atomic E-state index is 15.6. The summed E-state index contributed by atoms with van der Waals surface area (Å²) in [5.74, 6) is -5.60. The highest BCUT2D eigenvalue weighted by atomic mass is 19.1. The molecule has 1 aliphatic heterocycles. The van der Waals surface area contributed by atoms with Crippen molar-refractivity contribution in [2.45, 2.75) is 37.4 Å². The van der Waals surface area contributed by atoms with E-state index in [2.05, 4.69) is 9.98 Å². The molecule has 2 aromatic carbocycles. The second-order valence-electron chi connectivity index (χ2n) is 10.3. The van der Waals surface area contributed by atoms with Crippen LogP contribution in [0.4, 0.5) is 14.5 Å². The minimum atomic E-state index is -1.27. The number of carboxylic acid groups (broad SMARTS) is 1. The number of carboxylic acids is 1. The highest BCUT2D eigenvalue weighted by Gasteiger charge is 2.45. The van der Waals surface area contributed by atoms with Crippen LogP contribution in [0.3, 0.4) is 0 Å². The Kier molecular flexibility index (Phi) is 7.69. The van der Waals surface area contributed by atoms with Gasteiger partial charge in [-0.2, -0.15) is 4.39 Å². The van der Waals surface area contributed by atoms with Gasteiger partial charge in [-0.25, -0.2) is 14.2 Å². The number of nitrogens with one attached hydrogen (secondary N) is 1. The maximum atomic E-state index is 15.6. The van der Waals surface area contributed by atoms with E-state index in [9.17, 15) is 19.4 Å². The van der Waals surface area contributed by atoms with Crippen LogP contribution in [0.5, 0.6) is 28.9 Å². The third kappa shape index (κ3) is 5.18. The van der Waals surface area contributed by atoms with E-state index in [4.69, 9.17) is 20.6 Å². The average Bonchev–Trinajstić information content (AvgIpc) is 3.63. The zero-order valence-electron chi connectivity index (χ0n) is 23.0. The standard InChI is InChI=1S/C29H30F2N6O5/c1-36-12-11-34-26(36)18-14-17(37(2)29(28(39)40)9-3-4-10-29)6-8-21(18)41-24-19(30)15-35-27(23(24)31)42-22-13-16(25(32)33)5-7-20(22)38/h5-8,11,13-15,26,38H,3-4,9-10,12H2,1-2H3,(H3,32,33)(H,39,40). The molecule has 42 heavy (non-hydrogen) atoms. The van der Waals surface area contributed by atoms with E-state index in [1.807, 2.05) is 11.9 Å². The topological polar surface area (TPSA) is 158 Å². The van der Waals surface area contributed by atoms with Crippen LogP contribution in [0.15, 0.2) is 47.6 Å². The zero-order chi connectivity index (χ0) is 30.2. The van der Waals surface area contributed by atoms with Crippen LogP contribution >= 0.6 is 0 Å². The Labute approximate surface area is 240 Å². The van der Waals surface area contributed by atoms with Crippen molar-refractivity contribution in [1.29, 1.82) is 5.41 Å². The van der Waals surface area contributed by atoms with Gasteiger partial charge in [0, 0.05) is 36.6 Å². The van der Waals surface area contributed by atoms with Crippen LogP contribution in [-0.4, -0.2) is 64.3 Å². The fraction of sp³-hybridized carbons (Fsp3) is 0.310. The van der Waals surface area contributed by atoms with E-state index in [-0.39, 0.29) is 28.6 Å². The van der Waals surface area contributed by atoms with Gasteiger partial charge in [-0.3, -0.25) is 15.3 Å². The molecule has 2 heterocycles. The molecule has 0 radical (unpaired) electrons. The van der Waals surface area contributed by atoms with Crippen molar-refractivity contribution in [2.75, 3.05) is 25.5 Å². The van der Waals surface area contributed by atoms with Crippen molar-refractivity contribution >= 4 is 23.7 Å². The molecule has 220 valence electrons. The molecule has 0 bridgehead atoms. The summed E-state index contributed by atoms with van der Waals surface area (Å²) < 4.78 is 41.8. The SMILES string of the molecule is CN1CC=NC1c1cc(N(C)C2(C(=O)O)CCCC2)ccc1Oc1c(F)cnc(Oc2cc(C(=N)N)ccc2O)c1F. The Balaban J connectivity index is 1.53. The highest BCUT2D eigenvalue weighted by Crippen LogP contribution is 2.43. The smallest absolute Gasteiger partial charge is 0.329 e. The lowest BCUT2D eigenvalue weighted by Gasteiger charge is -2.37. The van der Waals surface area contributed by atoms with Crippen LogP contribution in [0, 0.1) is 17.0 Å². The molecule has 1 aromatic heterocycles. The number of ether oxygens (including phenoxy) is 2. The lowest BCUT2D eigenvalue weighted by molar-refractivity contribution is -0.143. The predicted molar refractivity (Wildman–Crippen MR) is 151 cm³/mol. The number of carbonyl (C=O) groups is 1. The number of aliphatic carboxylic acids is 1. The Bertz CT molecular complexity index is 1580. The van der Waals surface area contributed by atoms with Crippen molar-refractivity contribution in [3.63, 3.8) is 0 Å². The number of nitrogens with two attached hydrogens (primary N) is 1. The third-order valence-corrected chi connectivity index (χ3v) is 7.75. The molecule has 1 aliphatic carbocycles. The second-order valence-corrected chi connectivity index (χ2v) is 10.3. The van der Waals surface area contributed by atoms with E-state index in [0.29, 0.717) is 30.6 Å². The van der Waals surface area contributed by atoms with Gasteiger partial charge in [0.1, 0.15) is 23.3 Å². The van der Waals surface area contributed by atoms with Gasteiger partial charge in [0.05, 0.1) is 6.20 Å². The third-order valence-electron chi connectivity index (χ3n) is 7.75. The number of hydrogen-bond acceptors (Lipinski definition) is 9. The van der Waals surface area contributed by atoms with Gasteiger partial charge in [-0.1, -0.05) is 12.8 Å². The average molecular weight is 581 g/mol. The first-order valence-electron chi connectivity index (χ1n) is 13.2. The van der Waals surface area contributed by atoms with Crippen molar-refractivity contribution < 1.29 is 33.3 Å². The quantitative estimate of drug-likeness (QED) is 0.206. The number of anilines is 1. The molecule has 3 aromatic rings. The van der Waals surface area contributed by atoms with E-state index < -0.39 is 40.9 Å². The molecule has 0 spiro atoms. The number of phenols is 1. The van der Waals surface area contributed by atoms with Crippen LogP contribution in [0.25, 0.3) is 0 Å². The second kappa shape index (κ2) is 11.2. The first-order chi connectivity index (χ1) is 20.0. The highest BCUT2D eigenvalue weighted by molar-refractivity contribution is 5.95. The number of rotatable bonds is 9.